The van der Waals surface area contributed by atoms with E-state index in [9.17, 15) is 18.0 Å². The number of unbranched alkanes of at least 4 members (excludes halogenated alkanes) is 1. The number of ether oxygens (including phenoxy) is 1. The van der Waals surface area contributed by atoms with E-state index >= 15 is 0 Å². The molecule has 0 bridgehead atoms. The molecule has 1 atom stereocenters. The molecule has 0 saturated heterocycles. The molecule has 11 heteroatoms. The Balaban J connectivity index is 1.56. The summed E-state index contributed by atoms with van der Waals surface area (Å²) in [6.45, 7) is 3.70. The Morgan fingerprint density at radius 2 is 1.40 bits per heavy atom. The van der Waals surface area contributed by atoms with Crippen LogP contribution in [-0.2, 0) is 32.6 Å². The monoisotopic (exact) mass is 757 g/mol. The highest BCUT2D eigenvalue weighted by Crippen LogP contribution is 2.30. The fourth-order valence-corrected chi connectivity index (χ4v) is 7.30. The molecule has 2 amide bonds. The number of hydrogen-bond acceptors (Lipinski definition) is 5. The second-order valence-corrected chi connectivity index (χ2v) is 15.0. The van der Waals surface area contributed by atoms with E-state index in [0.29, 0.717) is 33.7 Å². The molecular formula is C41H41Cl2N3O5S. The molecule has 0 unspecified atom stereocenters. The molecule has 0 aliphatic heterocycles. The second-order valence-electron chi connectivity index (χ2n) is 12.4. The predicted molar refractivity (Wildman–Crippen MR) is 208 cm³/mol. The maximum atomic E-state index is 14.7. The van der Waals surface area contributed by atoms with Crippen molar-refractivity contribution in [3.63, 3.8) is 0 Å². The van der Waals surface area contributed by atoms with Gasteiger partial charge in [-0.3, -0.25) is 13.9 Å². The van der Waals surface area contributed by atoms with E-state index in [1.165, 1.54) is 17.0 Å². The Bertz CT molecular complexity index is 2050. The van der Waals surface area contributed by atoms with Gasteiger partial charge in [0.05, 0.1) is 20.6 Å². The van der Waals surface area contributed by atoms with Gasteiger partial charge in [0.2, 0.25) is 11.8 Å². The Hall–Kier alpha value is -4.83. The number of carbonyl (C=O) groups excluding carboxylic acids is 2. The van der Waals surface area contributed by atoms with Crippen LogP contribution in [-0.4, -0.2) is 44.3 Å². The predicted octanol–water partition coefficient (Wildman–Crippen LogP) is 8.85. The molecule has 1 N–H and O–H groups in total. The highest BCUT2D eigenvalue weighted by molar-refractivity contribution is 7.92. The first kappa shape index (κ1) is 38.4. The smallest absolute Gasteiger partial charge is 0.264 e. The zero-order valence-electron chi connectivity index (χ0n) is 29.0. The van der Waals surface area contributed by atoms with E-state index in [1.54, 1.807) is 54.6 Å². The third-order valence-electron chi connectivity index (χ3n) is 8.43. The fourth-order valence-electron chi connectivity index (χ4n) is 5.57. The molecule has 270 valence electrons. The van der Waals surface area contributed by atoms with Gasteiger partial charge in [-0.15, -0.1) is 0 Å². The van der Waals surface area contributed by atoms with Gasteiger partial charge in [0.1, 0.15) is 24.1 Å². The molecule has 0 spiro atoms. The van der Waals surface area contributed by atoms with Crippen LogP contribution in [0.1, 0.15) is 36.5 Å². The van der Waals surface area contributed by atoms with Crippen LogP contribution in [0.2, 0.25) is 10.0 Å². The Kier molecular flexibility index (Phi) is 13.4. The van der Waals surface area contributed by atoms with Crippen molar-refractivity contribution in [2.75, 3.05) is 17.4 Å². The van der Waals surface area contributed by atoms with Crippen molar-refractivity contribution >= 4 is 50.7 Å². The Labute approximate surface area is 316 Å². The van der Waals surface area contributed by atoms with Gasteiger partial charge >= 0.3 is 0 Å². The van der Waals surface area contributed by atoms with Gasteiger partial charge < -0.3 is 15.0 Å². The first-order chi connectivity index (χ1) is 25.0. The lowest BCUT2D eigenvalue weighted by atomic mass is 10.0. The lowest BCUT2D eigenvalue weighted by Gasteiger charge is -2.34. The van der Waals surface area contributed by atoms with Crippen molar-refractivity contribution in [2.24, 2.45) is 0 Å². The summed E-state index contributed by atoms with van der Waals surface area (Å²) in [6.07, 6.45) is 1.83. The van der Waals surface area contributed by atoms with Crippen LogP contribution in [0.25, 0.3) is 0 Å². The normalized spacial score (nSPS) is 11.8. The van der Waals surface area contributed by atoms with Crippen LogP contribution < -0.4 is 14.4 Å². The number of amides is 2. The number of anilines is 1. The summed E-state index contributed by atoms with van der Waals surface area (Å²) in [4.78, 5) is 30.2. The van der Waals surface area contributed by atoms with Crippen LogP contribution in [0, 0.1) is 6.92 Å². The van der Waals surface area contributed by atoms with Crippen LogP contribution in [0.15, 0.2) is 132 Å². The molecule has 0 heterocycles. The molecule has 52 heavy (non-hydrogen) atoms. The average molecular weight is 759 g/mol. The Morgan fingerprint density at radius 1 is 0.769 bits per heavy atom. The van der Waals surface area contributed by atoms with Crippen molar-refractivity contribution in [3.05, 3.63) is 154 Å². The lowest BCUT2D eigenvalue weighted by molar-refractivity contribution is -0.140. The van der Waals surface area contributed by atoms with Gasteiger partial charge in [0.15, 0.2) is 0 Å². The lowest BCUT2D eigenvalue weighted by Crippen LogP contribution is -2.53. The number of nitrogens with one attached hydrogen (secondary N) is 1. The van der Waals surface area contributed by atoms with Crippen LogP contribution in [0.3, 0.4) is 0 Å². The van der Waals surface area contributed by atoms with Gasteiger partial charge in [0, 0.05) is 19.5 Å². The number of halogens is 2. The first-order valence-corrected chi connectivity index (χ1v) is 19.2. The molecule has 0 radical (unpaired) electrons. The summed E-state index contributed by atoms with van der Waals surface area (Å²) in [7, 11) is -4.27. The van der Waals surface area contributed by atoms with Crippen molar-refractivity contribution in [2.45, 2.75) is 50.6 Å². The molecule has 0 fully saturated rings. The number of hydrogen-bond donors (Lipinski definition) is 1. The molecule has 5 aromatic rings. The summed E-state index contributed by atoms with van der Waals surface area (Å²) < 4.78 is 35.8. The minimum Gasteiger partial charge on any atom is -0.457 e. The van der Waals surface area contributed by atoms with Crippen LogP contribution >= 0.6 is 23.2 Å². The quantitative estimate of drug-likeness (QED) is 0.102. The standard InChI is InChI=1S/C41H41Cl2N3O5S/c1-3-4-25-44-41(48)39(27-31-11-7-5-8-12-31)45(28-32-17-24-37(42)38(43)26-32)40(47)29-46(52(49,50)36-22-15-30(2)16-23-36)33-18-20-35(21-19-33)51-34-13-9-6-10-14-34/h5-24,26,39H,3-4,25,27-29H2,1-2H3,(H,44,48)/t39-/m1/s1. The topological polar surface area (TPSA) is 96.0 Å². The summed E-state index contributed by atoms with van der Waals surface area (Å²) in [5.74, 6) is 0.176. The number of carbonyl (C=O) groups is 2. The van der Waals surface area contributed by atoms with Gasteiger partial charge in [-0.1, -0.05) is 109 Å². The summed E-state index contributed by atoms with van der Waals surface area (Å²) in [6, 6.07) is 35.6. The minimum atomic E-state index is -4.27. The number of aryl methyl sites for hydroxylation is 1. The fraction of sp³-hybridized carbons (Fsp3) is 0.220. The zero-order chi connectivity index (χ0) is 37.1. The van der Waals surface area contributed by atoms with E-state index in [2.05, 4.69) is 5.32 Å². The SMILES string of the molecule is CCCCNC(=O)[C@@H](Cc1ccccc1)N(Cc1ccc(Cl)c(Cl)c1)C(=O)CN(c1ccc(Oc2ccccc2)cc1)S(=O)(=O)c1ccc(C)cc1. The molecule has 0 aliphatic carbocycles. The molecule has 5 aromatic carbocycles. The summed E-state index contributed by atoms with van der Waals surface area (Å²) in [5.41, 5.74) is 2.59. The van der Waals surface area contributed by atoms with E-state index in [-0.39, 0.29) is 29.5 Å². The van der Waals surface area contributed by atoms with E-state index in [1.807, 2.05) is 74.5 Å². The Morgan fingerprint density at radius 3 is 2.04 bits per heavy atom. The molecule has 0 saturated carbocycles. The van der Waals surface area contributed by atoms with Crippen molar-refractivity contribution in [3.8, 4) is 11.5 Å². The highest BCUT2D eigenvalue weighted by Gasteiger charge is 2.34. The first-order valence-electron chi connectivity index (χ1n) is 17.0. The van der Waals surface area contributed by atoms with E-state index in [0.717, 1.165) is 28.3 Å². The van der Waals surface area contributed by atoms with E-state index < -0.39 is 28.5 Å². The van der Waals surface area contributed by atoms with Crippen molar-refractivity contribution in [1.82, 2.24) is 10.2 Å². The average Bonchev–Trinajstić information content (AvgIpc) is 3.15. The summed E-state index contributed by atoms with van der Waals surface area (Å²) in [5, 5.41) is 3.63. The van der Waals surface area contributed by atoms with Crippen molar-refractivity contribution < 1.29 is 22.7 Å². The number of rotatable bonds is 16. The molecule has 8 nitrogen and oxygen atoms in total. The molecule has 5 rings (SSSR count). The third kappa shape index (κ3) is 10.2. The minimum absolute atomic E-state index is 0.0182. The highest BCUT2D eigenvalue weighted by atomic mass is 35.5. The molecule has 0 aromatic heterocycles. The van der Waals surface area contributed by atoms with Crippen molar-refractivity contribution in [1.29, 1.82) is 0 Å². The van der Waals surface area contributed by atoms with Gasteiger partial charge in [-0.25, -0.2) is 8.42 Å². The van der Waals surface area contributed by atoms with Gasteiger partial charge in [-0.2, -0.15) is 0 Å². The third-order valence-corrected chi connectivity index (χ3v) is 11.0. The maximum Gasteiger partial charge on any atom is 0.264 e. The largest absolute Gasteiger partial charge is 0.457 e. The number of nitrogens with zero attached hydrogens (tertiary/aromatic N) is 2. The van der Waals surface area contributed by atoms with Crippen LogP contribution in [0.4, 0.5) is 5.69 Å². The number of benzene rings is 5. The molecular weight excluding hydrogens is 717 g/mol. The number of para-hydroxylation sites is 1. The van der Waals surface area contributed by atoms with Gasteiger partial charge in [0.25, 0.3) is 10.0 Å². The second kappa shape index (κ2) is 18.1. The van der Waals surface area contributed by atoms with E-state index in [4.69, 9.17) is 27.9 Å². The molecule has 0 aliphatic rings. The number of sulfonamides is 1. The zero-order valence-corrected chi connectivity index (χ0v) is 31.4. The van der Waals surface area contributed by atoms with Crippen LogP contribution in [0.5, 0.6) is 11.5 Å². The van der Waals surface area contributed by atoms with Gasteiger partial charge in [-0.05, 0) is 85.1 Å². The maximum absolute atomic E-state index is 14.7. The summed E-state index contributed by atoms with van der Waals surface area (Å²) >= 11 is 12.6.